The van der Waals surface area contributed by atoms with E-state index >= 15 is 0 Å². The molecule has 0 aliphatic heterocycles. The van der Waals surface area contributed by atoms with Crippen molar-refractivity contribution >= 4 is 11.6 Å². The van der Waals surface area contributed by atoms with Gasteiger partial charge in [0.25, 0.3) is 0 Å². The molecule has 0 aliphatic carbocycles. The number of nitrogens with zero attached hydrogens (tertiary/aromatic N) is 3. The van der Waals surface area contributed by atoms with Crippen LogP contribution in [0.25, 0.3) is 16.9 Å². The first-order valence-corrected chi connectivity index (χ1v) is 11.3. The molecule has 1 atom stereocenters. The van der Waals surface area contributed by atoms with Crippen LogP contribution in [0.2, 0.25) is 0 Å². The predicted molar refractivity (Wildman–Crippen MR) is 132 cm³/mol. The molecule has 2 aromatic carbocycles. The van der Waals surface area contributed by atoms with Gasteiger partial charge in [0.15, 0.2) is 5.65 Å². The molecule has 0 spiro atoms. The zero-order valence-corrected chi connectivity index (χ0v) is 20.3. The van der Waals surface area contributed by atoms with Gasteiger partial charge in [0.2, 0.25) is 5.91 Å². The van der Waals surface area contributed by atoms with E-state index in [1.54, 1.807) is 14.2 Å². The summed E-state index contributed by atoms with van der Waals surface area (Å²) in [5, 5.41) is 7.88. The van der Waals surface area contributed by atoms with Crippen LogP contribution >= 0.6 is 0 Å². The number of hydrogen-bond acceptors (Lipinski definition) is 5. The number of hydrogen-bond donors (Lipinski definition) is 1. The van der Waals surface area contributed by atoms with E-state index in [1.165, 1.54) is 0 Å². The largest absolute Gasteiger partial charge is 0.497 e. The lowest BCUT2D eigenvalue weighted by atomic mass is 10.1. The fourth-order valence-corrected chi connectivity index (χ4v) is 4.21. The van der Waals surface area contributed by atoms with Gasteiger partial charge in [0.1, 0.15) is 11.5 Å². The van der Waals surface area contributed by atoms with Crippen LogP contribution in [0.1, 0.15) is 41.9 Å². The van der Waals surface area contributed by atoms with Crippen LogP contribution in [-0.4, -0.2) is 34.7 Å². The molecule has 4 rings (SSSR count). The quantitative estimate of drug-likeness (QED) is 0.409. The van der Waals surface area contributed by atoms with E-state index in [-0.39, 0.29) is 11.9 Å². The lowest BCUT2D eigenvalue weighted by Crippen LogP contribution is -2.27. The van der Waals surface area contributed by atoms with Gasteiger partial charge < -0.3 is 14.8 Å². The van der Waals surface area contributed by atoms with E-state index in [0.717, 1.165) is 45.2 Å². The number of nitrogens with one attached hydrogen (secondary N) is 1. The second-order valence-electron chi connectivity index (χ2n) is 8.33. The van der Waals surface area contributed by atoms with Gasteiger partial charge in [-0.3, -0.25) is 4.79 Å². The Hall–Kier alpha value is -3.87. The molecule has 2 aromatic heterocycles. The van der Waals surface area contributed by atoms with Gasteiger partial charge in [0, 0.05) is 35.5 Å². The second-order valence-corrected chi connectivity index (χ2v) is 8.33. The van der Waals surface area contributed by atoms with Crippen LogP contribution in [0.5, 0.6) is 11.5 Å². The molecule has 0 unspecified atom stereocenters. The molecule has 2 heterocycles. The molecular weight excluding hydrogens is 428 g/mol. The zero-order chi connectivity index (χ0) is 24.2. The van der Waals surface area contributed by atoms with Crippen molar-refractivity contribution in [1.82, 2.24) is 19.9 Å². The van der Waals surface area contributed by atoms with Crippen molar-refractivity contribution in [3.8, 4) is 22.8 Å². The van der Waals surface area contributed by atoms with E-state index in [1.807, 2.05) is 79.9 Å². The van der Waals surface area contributed by atoms with Crippen LogP contribution in [0.15, 0.2) is 54.6 Å². The molecule has 7 heteroatoms. The van der Waals surface area contributed by atoms with Crippen LogP contribution < -0.4 is 14.8 Å². The van der Waals surface area contributed by atoms with Gasteiger partial charge in [-0.05, 0) is 50.5 Å². The van der Waals surface area contributed by atoms with E-state index in [0.29, 0.717) is 18.6 Å². The summed E-state index contributed by atoms with van der Waals surface area (Å²) in [6.07, 6.45) is 0.974. The Balaban J connectivity index is 1.55. The Kier molecular flexibility index (Phi) is 6.82. The SMILES string of the molecule is COc1ccc(-c2cc3nc(C)c(CCC(=O)N[C@@H](C)c4ccccc4)c(C)n3n2)c(OC)c1. The van der Waals surface area contributed by atoms with E-state index in [2.05, 4.69) is 5.32 Å². The number of aromatic nitrogens is 3. The van der Waals surface area contributed by atoms with Crippen molar-refractivity contribution in [2.24, 2.45) is 0 Å². The number of amides is 1. The molecule has 4 aromatic rings. The Morgan fingerprint density at radius 2 is 1.82 bits per heavy atom. The number of ether oxygens (including phenoxy) is 2. The zero-order valence-electron chi connectivity index (χ0n) is 20.3. The molecule has 34 heavy (non-hydrogen) atoms. The molecule has 0 aliphatic rings. The summed E-state index contributed by atoms with van der Waals surface area (Å²) in [6.45, 7) is 5.99. The molecule has 1 N–H and O–H groups in total. The summed E-state index contributed by atoms with van der Waals surface area (Å²) in [5.74, 6) is 1.41. The Labute approximate surface area is 199 Å². The highest BCUT2D eigenvalue weighted by atomic mass is 16.5. The Morgan fingerprint density at radius 3 is 2.53 bits per heavy atom. The lowest BCUT2D eigenvalue weighted by Gasteiger charge is -2.15. The molecule has 0 saturated heterocycles. The van der Waals surface area contributed by atoms with Gasteiger partial charge in [-0.1, -0.05) is 30.3 Å². The van der Waals surface area contributed by atoms with Gasteiger partial charge in [0.05, 0.1) is 26.0 Å². The monoisotopic (exact) mass is 458 g/mol. The highest BCUT2D eigenvalue weighted by Gasteiger charge is 2.17. The number of rotatable bonds is 8. The first-order chi connectivity index (χ1) is 16.4. The second kappa shape index (κ2) is 9.95. The Bertz CT molecular complexity index is 1310. The number of carbonyl (C=O) groups excluding carboxylic acids is 1. The third kappa shape index (κ3) is 4.73. The summed E-state index contributed by atoms with van der Waals surface area (Å²) in [7, 11) is 3.25. The van der Waals surface area contributed by atoms with Crippen molar-refractivity contribution in [3.05, 3.63) is 77.1 Å². The minimum atomic E-state index is -0.0374. The van der Waals surface area contributed by atoms with Gasteiger partial charge in [-0.15, -0.1) is 0 Å². The maximum Gasteiger partial charge on any atom is 0.220 e. The van der Waals surface area contributed by atoms with Crippen LogP contribution in [0.4, 0.5) is 0 Å². The number of aryl methyl sites for hydroxylation is 2. The molecule has 176 valence electrons. The van der Waals surface area contributed by atoms with Gasteiger partial charge in [-0.25, -0.2) is 9.50 Å². The molecular formula is C27H30N4O3. The lowest BCUT2D eigenvalue weighted by molar-refractivity contribution is -0.121. The fourth-order valence-electron chi connectivity index (χ4n) is 4.21. The van der Waals surface area contributed by atoms with Crippen LogP contribution in [-0.2, 0) is 11.2 Å². The van der Waals surface area contributed by atoms with Crippen molar-refractivity contribution in [2.45, 2.75) is 39.7 Å². The first kappa shape index (κ1) is 23.3. The summed E-state index contributed by atoms with van der Waals surface area (Å²) in [4.78, 5) is 17.4. The van der Waals surface area contributed by atoms with E-state index in [9.17, 15) is 4.79 Å². The summed E-state index contributed by atoms with van der Waals surface area (Å²) in [6, 6.07) is 17.5. The topological polar surface area (TPSA) is 77.8 Å². The normalized spacial score (nSPS) is 11.9. The van der Waals surface area contributed by atoms with Crippen LogP contribution in [0, 0.1) is 13.8 Å². The predicted octanol–water partition coefficient (Wildman–Crippen LogP) is 4.84. The molecule has 0 saturated carbocycles. The third-order valence-corrected chi connectivity index (χ3v) is 6.13. The van der Waals surface area contributed by atoms with Gasteiger partial charge >= 0.3 is 0 Å². The number of methoxy groups -OCH3 is 2. The fraction of sp³-hybridized carbons (Fsp3) is 0.296. The van der Waals surface area contributed by atoms with Crippen molar-refractivity contribution < 1.29 is 14.3 Å². The first-order valence-electron chi connectivity index (χ1n) is 11.3. The minimum Gasteiger partial charge on any atom is -0.497 e. The van der Waals surface area contributed by atoms with Crippen LogP contribution in [0.3, 0.4) is 0 Å². The summed E-state index contributed by atoms with van der Waals surface area (Å²) < 4.78 is 12.7. The highest BCUT2D eigenvalue weighted by Crippen LogP contribution is 2.33. The van der Waals surface area contributed by atoms with Crippen molar-refractivity contribution in [3.63, 3.8) is 0 Å². The standard InChI is InChI=1S/C27H30N4O3/c1-17(20-9-7-6-8-10-20)29-27(32)14-13-22-18(2)28-26-16-24(30-31(26)19(22)3)23-12-11-21(33-4)15-25(23)34-5/h6-12,15-17H,13-14H2,1-5H3,(H,29,32)/t17-/m0/s1. The average molecular weight is 459 g/mol. The number of benzene rings is 2. The van der Waals surface area contributed by atoms with E-state index < -0.39 is 0 Å². The molecule has 1 amide bonds. The average Bonchev–Trinajstić information content (AvgIpc) is 3.27. The van der Waals surface area contributed by atoms with Gasteiger partial charge in [-0.2, -0.15) is 5.10 Å². The number of carbonyl (C=O) groups is 1. The minimum absolute atomic E-state index is 0.0133. The highest BCUT2D eigenvalue weighted by molar-refractivity contribution is 5.77. The Morgan fingerprint density at radius 1 is 1.06 bits per heavy atom. The molecule has 0 bridgehead atoms. The third-order valence-electron chi connectivity index (χ3n) is 6.13. The maximum absolute atomic E-state index is 12.6. The molecule has 0 fully saturated rings. The molecule has 7 nitrogen and oxygen atoms in total. The van der Waals surface area contributed by atoms with Crippen molar-refractivity contribution in [2.75, 3.05) is 14.2 Å². The molecule has 0 radical (unpaired) electrons. The number of fused-ring (bicyclic) bond motifs is 1. The van der Waals surface area contributed by atoms with Crippen molar-refractivity contribution in [1.29, 1.82) is 0 Å². The summed E-state index contributed by atoms with van der Waals surface area (Å²) >= 11 is 0. The maximum atomic E-state index is 12.6. The van der Waals surface area contributed by atoms with E-state index in [4.69, 9.17) is 19.6 Å². The summed E-state index contributed by atoms with van der Waals surface area (Å²) in [5.41, 5.74) is 6.39. The smallest absolute Gasteiger partial charge is 0.220 e.